The Morgan fingerprint density at radius 3 is 2.25 bits per heavy atom. The summed E-state index contributed by atoms with van der Waals surface area (Å²) in [5.41, 5.74) is 16.9. The van der Waals surface area contributed by atoms with E-state index in [0.717, 1.165) is 0 Å². The first-order valence-electron chi connectivity index (χ1n) is 11.0. The van der Waals surface area contributed by atoms with Crippen LogP contribution in [0.15, 0.2) is 17.5 Å². The highest BCUT2D eigenvalue weighted by molar-refractivity contribution is 5.94. The smallest absolute Gasteiger partial charge is 0.326 e. The number of aliphatic imine (C=N–C) groups is 1. The Bertz CT molecular complexity index is 932. The van der Waals surface area contributed by atoms with Gasteiger partial charge in [-0.25, -0.2) is 9.78 Å². The maximum Gasteiger partial charge on any atom is 0.326 e. The van der Waals surface area contributed by atoms with E-state index in [-0.39, 0.29) is 38.2 Å². The lowest BCUT2D eigenvalue weighted by Gasteiger charge is -2.23. The summed E-state index contributed by atoms with van der Waals surface area (Å²) in [4.78, 5) is 70.5. The highest BCUT2D eigenvalue weighted by Gasteiger charge is 2.28. The summed E-state index contributed by atoms with van der Waals surface area (Å²) in [5.74, 6) is -4.96. The SMILES string of the molecule is CC(NC(=O)C(CCC(=O)O)NC(=O)C(N)Cc1cnc[nH]1)C(=O)NC(CCCN=C(N)N)C(=O)O. The first-order valence-corrected chi connectivity index (χ1v) is 11.0. The maximum atomic E-state index is 12.7. The summed E-state index contributed by atoms with van der Waals surface area (Å²) in [5, 5.41) is 25.4. The monoisotopic (exact) mass is 511 g/mol. The standard InChI is InChI=1S/C20H33N9O7/c1-10(16(32)29-14(19(35)36)3-2-6-25-20(22)23)27-18(34)13(4-5-15(30)31)28-17(33)12(21)7-11-8-24-9-26-11/h8-10,12-14H,2-7,21H2,1H3,(H,24,26)(H,27,34)(H,28,33)(H,29,32)(H,30,31)(H,35,36)(H4,22,23,25). The minimum Gasteiger partial charge on any atom is -0.481 e. The number of carbonyl (C=O) groups is 5. The van der Waals surface area contributed by atoms with Gasteiger partial charge in [0, 0.05) is 31.3 Å². The molecule has 4 unspecified atom stereocenters. The Labute approximate surface area is 206 Å². The van der Waals surface area contributed by atoms with Crippen molar-refractivity contribution in [3.05, 3.63) is 18.2 Å². The summed E-state index contributed by atoms with van der Waals surface area (Å²) in [6, 6.07) is -4.80. The van der Waals surface area contributed by atoms with Gasteiger partial charge in [-0.2, -0.15) is 0 Å². The van der Waals surface area contributed by atoms with Crippen LogP contribution in [-0.4, -0.2) is 86.5 Å². The minimum atomic E-state index is -1.30. The third-order valence-electron chi connectivity index (χ3n) is 4.92. The predicted octanol–water partition coefficient (Wildman–Crippen LogP) is -3.24. The predicted molar refractivity (Wildman–Crippen MR) is 126 cm³/mol. The third-order valence-corrected chi connectivity index (χ3v) is 4.92. The van der Waals surface area contributed by atoms with Gasteiger partial charge in [0.05, 0.1) is 12.4 Å². The van der Waals surface area contributed by atoms with Crippen LogP contribution in [-0.2, 0) is 30.4 Å². The molecule has 1 heterocycles. The summed E-state index contributed by atoms with van der Waals surface area (Å²) in [7, 11) is 0. The van der Waals surface area contributed by atoms with E-state index in [9.17, 15) is 29.1 Å². The van der Waals surface area contributed by atoms with E-state index in [1.165, 1.54) is 19.4 Å². The molecule has 1 rings (SSSR count). The Kier molecular flexibility index (Phi) is 12.4. The van der Waals surface area contributed by atoms with Crippen LogP contribution in [0.5, 0.6) is 0 Å². The number of aromatic amines is 1. The van der Waals surface area contributed by atoms with Gasteiger partial charge in [0.25, 0.3) is 0 Å². The second-order valence-corrected chi connectivity index (χ2v) is 7.96. The van der Waals surface area contributed by atoms with Crippen molar-refractivity contribution in [2.75, 3.05) is 6.54 Å². The fourth-order valence-corrected chi connectivity index (χ4v) is 2.98. The fourth-order valence-electron chi connectivity index (χ4n) is 2.98. The van der Waals surface area contributed by atoms with Crippen molar-refractivity contribution < 1.29 is 34.2 Å². The molecule has 0 aliphatic carbocycles. The number of guanidine groups is 1. The van der Waals surface area contributed by atoms with E-state index < -0.39 is 60.2 Å². The number of rotatable bonds is 16. The van der Waals surface area contributed by atoms with Crippen molar-refractivity contribution in [3.63, 3.8) is 0 Å². The number of hydrogen-bond acceptors (Lipinski definition) is 8. The average Bonchev–Trinajstić information content (AvgIpc) is 3.30. The van der Waals surface area contributed by atoms with Crippen LogP contribution < -0.4 is 33.2 Å². The third kappa shape index (κ3) is 11.3. The molecule has 36 heavy (non-hydrogen) atoms. The van der Waals surface area contributed by atoms with Gasteiger partial charge in [0.15, 0.2) is 5.96 Å². The van der Waals surface area contributed by atoms with E-state index >= 15 is 0 Å². The second kappa shape index (κ2) is 14.9. The summed E-state index contributed by atoms with van der Waals surface area (Å²) in [6.45, 7) is 1.48. The van der Waals surface area contributed by atoms with Gasteiger partial charge in [0.2, 0.25) is 17.7 Å². The molecule has 0 fully saturated rings. The van der Waals surface area contributed by atoms with Crippen LogP contribution in [0.25, 0.3) is 0 Å². The number of nitrogens with one attached hydrogen (secondary N) is 4. The zero-order chi connectivity index (χ0) is 27.3. The number of carboxylic acid groups (broad SMARTS) is 2. The molecule has 1 aromatic rings. The first kappa shape index (κ1) is 29.8. The van der Waals surface area contributed by atoms with Gasteiger partial charge >= 0.3 is 11.9 Å². The van der Waals surface area contributed by atoms with E-state index in [4.69, 9.17) is 22.3 Å². The Balaban J connectivity index is 2.74. The van der Waals surface area contributed by atoms with E-state index in [2.05, 4.69) is 30.9 Å². The number of carboxylic acids is 2. The first-order chi connectivity index (χ1) is 16.9. The molecule has 16 nitrogen and oxygen atoms in total. The fraction of sp³-hybridized carbons (Fsp3) is 0.550. The molecule has 0 aliphatic rings. The molecule has 0 saturated heterocycles. The number of aromatic nitrogens is 2. The number of H-pyrrole nitrogens is 1. The molecule has 0 radical (unpaired) electrons. The van der Waals surface area contributed by atoms with Crippen LogP contribution >= 0.6 is 0 Å². The van der Waals surface area contributed by atoms with Gasteiger partial charge in [-0.15, -0.1) is 0 Å². The molecule has 0 bridgehead atoms. The van der Waals surface area contributed by atoms with Crippen LogP contribution in [0.4, 0.5) is 0 Å². The molecule has 200 valence electrons. The van der Waals surface area contributed by atoms with Crippen LogP contribution in [0.2, 0.25) is 0 Å². The number of imidazole rings is 1. The number of carbonyl (C=O) groups excluding carboxylic acids is 3. The second-order valence-electron chi connectivity index (χ2n) is 7.96. The van der Waals surface area contributed by atoms with Gasteiger partial charge in [0.1, 0.15) is 18.1 Å². The lowest BCUT2D eigenvalue weighted by atomic mass is 10.1. The molecule has 12 N–H and O–H groups in total. The van der Waals surface area contributed by atoms with Crippen molar-refractivity contribution >= 4 is 35.6 Å². The highest BCUT2D eigenvalue weighted by atomic mass is 16.4. The van der Waals surface area contributed by atoms with Crippen LogP contribution in [0.3, 0.4) is 0 Å². The molecule has 0 saturated carbocycles. The van der Waals surface area contributed by atoms with Crippen molar-refractivity contribution in [2.45, 2.75) is 63.2 Å². The molecule has 3 amide bonds. The minimum absolute atomic E-state index is 0.0318. The average molecular weight is 512 g/mol. The van der Waals surface area contributed by atoms with E-state index in [1.807, 2.05) is 0 Å². The highest BCUT2D eigenvalue weighted by Crippen LogP contribution is 2.04. The van der Waals surface area contributed by atoms with Crippen molar-refractivity contribution in [1.29, 1.82) is 0 Å². The van der Waals surface area contributed by atoms with Crippen LogP contribution in [0.1, 0.15) is 38.3 Å². The molecule has 1 aromatic heterocycles. The van der Waals surface area contributed by atoms with Gasteiger partial charge < -0.3 is 48.3 Å². The number of nitrogens with zero attached hydrogens (tertiary/aromatic N) is 2. The molecule has 0 spiro atoms. The molecular formula is C20H33N9O7. The van der Waals surface area contributed by atoms with Gasteiger partial charge in [-0.05, 0) is 26.2 Å². The Morgan fingerprint density at radius 2 is 1.69 bits per heavy atom. The zero-order valence-corrected chi connectivity index (χ0v) is 19.8. The lowest BCUT2D eigenvalue weighted by Crippen LogP contribution is -2.56. The molecular weight excluding hydrogens is 478 g/mol. The van der Waals surface area contributed by atoms with Gasteiger partial charge in [-0.3, -0.25) is 24.2 Å². The largest absolute Gasteiger partial charge is 0.481 e. The Hall–Kier alpha value is -4.21. The number of hydrogen-bond donors (Lipinski definition) is 9. The number of aliphatic carboxylic acids is 2. The summed E-state index contributed by atoms with van der Waals surface area (Å²) in [6.07, 6.45) is 2.59. The molecule has 0 aliphatic heterocycles. The molecule has 16 heteroatoms. The van der Waals surface area contributed by atoms with Crippen molar-refractivity contribution in [1.82, 2.24) is 25.9 Å². The number of amides is 3. The molecule has 4 atom stereocenters. The maximum absolute atomic E-state index is 12.7. The number of nitrogens with two attached hydrogens (primary N) is 3. The lowest BCUT2D eigenvalue weighted by molar-refractivity contribution is -0.142. The van der Waals surface area contributed by atoms with Gasteiger partial charge in [-0.1, -0.05) is 0 Å². The van der Waals surface area contributed by atoms with Crippen molar-refractivity contribution in [2.24, 2.45) is 22.2 Å². The normalized spacial score (nSPS) is 13.9. The van der Waals surface area contributed by atoms with E-state index in [0.29, 0.717) is 5.69 Å². The Morgan fingerprint density at radius 1 is 1.03 bits per heavy atom. The summed E-state index contributed by atoms with van der Waals surface area (Å²) >= 11 is 0. The topological polar surface area (TPSA) is 281 Å². The molecule has 0 aromatic carbocycles. The quantitative estimate of drug-likeness (QED) is 0.0603. The van der Waals surface area contributed by atoms with E-state index in [1.54, 1.807) is 0 Å². The summed E-state index contributed by atoms with van der Waals surface area (Å²) < 4.78 is 0. The van der Waals surface area contributed by atoms with Crippen LogP contribution in [0, 0.1) is 0 Å². The zero-order valence-electron chi connectivity index (χ0n) is 19.8. The van der Waals surface area contributed by atoms with Crippen molar-refractivity contribution in [3.8, 4) is 0 Å².